The Balaban J connectivity index is 2.96. The maximum atomic E-state index is 5.87. The van der Waals surface area contributed by atoms with Gasteiger partial charge in [-0.1, -0.05) is 11.6 Å². The topological polar surface area (TPSA) is 17.3 Å². The van der Waals surface area contributed by atoms with Crippen LogP contribution >= 0.6 is 27.5 Å². The first kappa shape index (κ1) is 7.13. The average molecular weight is 231 g/mol. The molecule has 0 aliphatic carbocycles. The molecule has 0 atom stereocenters. The first-order chi connectivity index (χ1) is 5.29. The van der Waals surface area contributed by atoms with Crippen molar-refractivity contribution in [2.24, 2.45) is 0 Å². The lowest BCUT2D eigenvalue weighted by Gasteiger charge is -1.97. The standard InChI is InChI=1S/C7H4BrClN2/c8-5-1-2-7(9)11-4-10-3-6(5)11/h1-4H. The Morgan fingerprint density at radius 3 is 3.00 bits per heavy atom. The lowest BCUT2D eigenvalue weighted by molar-refractivity contribution is 1.15. The maximum Gasteiger partial charge on any atom is 0.114 e. The highest BCUT2D eigenvalue weighted by molar-refractivity contribution is 9.10. The van der Waals surface area contributed by atoms with Crippen molar-refractivity contribution in [2.75, 3.05) is 0 Å². The van der Waals surface area contributed by atoms with Gasteiger partial charge in [0.2, 0.25) is 0 Å². The third-order valence-electron chi connectivity index (χ3n) is 1.48. The van der Waals surface area contributed by atoms with Gasteiger partial charge in [0.15, 0.2) is 0 Å². The molecule has 0 unspecified atom stereocenters. The summed E-state index contributed by atoms with van der Waals surface area (Å²) in [6.07, 6.45) is 3.44. The first-order valence-electron chi connectivity index (χ1n) is 3.05. The van der Waals surface area contributed by atoms with E-state index in [-0.39, 0.29) is 0 Å². The Morgan fingerprint density at radius 2 is 2.27 bits per heavy atom. The van der Waals surface area contributed by atoms with E-state index in [1.807, 2.05) is 16.5 Å². The second kappa shape index (κ2) is 2.50. The highest BCUT2D eigenvalue weighted by Crippen LogP contribution is 2.21. The van der Waals surface area contributed by atoms with Gasteiger partial charge in [-0.3, -0.25) is 4.40 Å². The summed E-state index contributed by atoms with van der Waals surface area (Å²) in [5.41, 5.74) is 0.984. The Labute approximate surface area is 76.9 Å². The summed E-state index contributed by atoms with van der Waals surface area (Å²) < 4.78 is 2.81. The molecule has 2 nitrogen and oxygen atoms in total. The van der Waals surface area contributed by atoms with Gasteiger partial charge in [0.1, 0.15) is 11.5 Å². The number of nitrogens with zero attached hydrogens (tertiary/aromatic N) is 2. The van der Waals surface area contributed by atoms with Crippen LogP contribution in [0.4, 0.5) is 0 Å². The van der Waals surface area contributed by atoms with E-state index in [0.29, 0.717) is 5.15 Å². The summed E-state index contributed by atoms with van der Waals surface area (Å²) in [4.78, 5) is 3.97. The molecular formula is C7H4BrClN2. The predicted octanol–water partition coefficient (Wildman–Crippen LogP) is 2.75. The second-order valence-corrected chi connectivity index (χ2v) is 3.39. The number of pyridine rings is 1. The van der Waals surface area contributed by atoms with Gasteiger partial charge in [0, 0.05) is 4.47 Å². The number of fused-ring (bicyclic) bond motifs is 1. The molecule has 0 fully saturated rings. The Bertz CT molecular complexity index is 360. The third kappa shape index (κ3) is 1.04. The molecule has 0 aliphatic heterocycles. The molecule has 2 aromatic rings. The monoisotopic (exact) mass is 230 g/mol. The van der Waals surface area contributed by atoms with E-state index in [1.165, 1.54) is 0 Å². The summed E-state index contributed by atoms with van der Waals surface area (Å²) in [6, 6.07) is 3.72. The zero-order valence-corrected chi connectivity index (χ0v) is 7.80. The molecule has 0 saturated heterocycles. The summed E-state index contributed by atoms with van der Waals surface area (Å²) in [5.74, 6) is 0. The first-order valence-corrected chi connectivity index (χ1v) is 4.22. The average Bonchev–Trinajstić information content (AvgIpc) is 2.45. The minimum Gasteiger partial charge on any atom is -0.288 e. The number of hydrogen-bond acceptors (Lipinski definition) is 1. The van der Waals surface area contributed by atoms with Gasteiger partial charge < -0.3 is 0 Å². The highest BCUT2D eigenvalue weighted by atomic mass is 79.9. The third-order valence-corrected chi connectivity index (χ3v) is 2.46. The lowest BCUT2D eigenvalue weighted by Crippen LogP contribution is -1.83. The van der Waals surface area contributed by atoms with Gasteiger partial charge in [-0.25, -0.2) is 4.98 Å². The van der Waals surface area contributed by atoms with Crippen molar-refractivity contribution in [3.63, 3.8) is 0 Å². The smallest absolute Gasteiger partial charge is 0.114 e. The van der Waals surface area contributed by atoms with Gasteiger partial charge >= 0.3 is 0 Å². The van der Waals surface area contributed by atoms with E-state index in [4.69, 9.17) is 11.6 Å². The molecule has 0 bridgehead atoms. The van der Waals surface area contributed by atoms with Crippen LogP contribution in [0.15, 0.2) is 29.1 Å². The molecule has 0 saturated carbocycles. The molecule has 2 aromatic heterocycles. The lowest BCUT2D eigenvalue weighted by atomic mass is 10.4. The van der Waals surface area contributed by atoms with Crippen LogP contribution in [0.1, 0.15) is 0 Å². The summed E-state index contributed by atoms with van der Waals surface area (Å²) in [5, 5.41) is 0.667. The quantitative estimate of drug-likeness (QED) is 0.637. The van der Waals surface area contributed by atoms with Gasteiger partial charge in [0.25, 0.3) is 0 Å². The number of imidazole rings is 1. The number of halogens is 2. The van der Waals surface area contributed by atoms with Crippen LogP contribution in [-0.4, -0.2) is 9.38 Å². The van der Waals surface area contributed by atoms with Crippen molar-refractivity contribution in [2.45, 2.75) is 0 Å². The van der Waals surface area contributed by atoms with E-state index in [2.05, 4.69) is 20.9 Å². The predicted molar refractivity (Wildman–Crippen MR) is 47.9 cm³/mol. The molecule has 0 N–H and O–H groups in total. The fourth-order valence-electron chi connectivity index (χ4n) is 0.950. The van der Waals surface area contributed by atoms with Gasteiger partial charge in [-0.05, 0) is 28.1 Å². The van der Waals surface area contributed by atoms with Crippen molar-refractivity contribution in [1.29, 1.82) is 0 Å². The molecule has 0 amide bonds. The molecule has 0 aliphatic rings. The van der Waals surface area contributed by atoms with E-state index in [1.54, 1.807) is 12.5 Å². The molecule has 2 rings (SSSR count). The van der Waals surface area contributed by atoms with E-state index < -0.39 is 0 Å². The summed E-state index contributed by atoms with van der Waals surface area (Å²) in [6.45, 7) is 0. The van der Waals surface area contributed by atoms with Crippen molar-refractivity contribution in [3.05, 3.63) is 34.3 Å². The number of hydrogen-bond donors (Lipinski definition) is 0. The molecular weight excluding hydrogens is 227 g/mol. The van der Waals surface area contributed by atoms with Crippen LogP contribution in [0, 0.1) is 0 Å². The summed E-state index contributed by atoms with van der Waals surface area (Å²) in [7, 11) is 0. The number of rotatable bonds is 0. The van der Waals surface area contributed by atoms with Crippen molar-refractivity contribution < 1.29 is 0 Å². The van der Waals surface area contributed by atoms with Crippen molar-refractivity contribution >= 4 is 33.0 Å². The molecule has 11 heavy (non-hydrogen) atoms. The van der Waals surface area contributed by atoms with Gasteiger partial charge in [0.05, 0.1) is 11.7 Å². The summed E-state index contributed by atoms with van der Waals surface area (Å²) >= 11 is 9.26. The zero-order chi connectivity index (χ0) is 7.84. The minimum absolute atomic E-state index is 0.667. The Morgan fingerprint density at radius 1 is 1.45 bits per heavy atom. The van der Waals surface area contributed by atoms with Gasteiger partial charge in [-0.2, -0.15) is 0 Å². The van der Waals surface area contributed by atoms with Crippen LogP contribution in [0.5, 0.6) is 0 Å². The molecule has 0 spiro atoms. The maximum absolute atomic E-state index is 5.87. The van der Waals surface area contributed by atoms with Gasteiger partial charge in [-0.15, -0.1) is 0 Å². The SMILES string of the molecule is Clc1ccc(Br)c2cncn12. The molecule has 0 aromatic carbocycles. The number of aromatic nitrogens is 2. The fourth-order valence-corrected chi connectivity index (χ4v) is 1.57. The molecule has 2 heterocycles. The van der Waals surface area contributed by atoms with Crippen LogP contribution in [0.3, 0.4) is 0 Å². The van der Waals surface area contributed by atoms with Crippen LogP contribution < -0.4 is 0 Å². The highest BCUT2D eigenvalue weighted by Gasteiger charge is 2.00. The Hall–Kier alpha value is -0.540. The van der Waals surface area contributed by atoms with Crippen LogP contribution in [0.2, 0.25) is 5.15 Å². The van der Waals surface area contributed by atoms with Crippen molar-refractivity contribution in [3.8, 4) is 0 Å². The largest absolute Gasteiger partial charge is 0.288 e. The van der Waals surface area contributed by atoms with Crippen LogP contribution in [-0.2, 0) is 0 Å². The Kier molecular flexibility index (Phi) is 1.62. The van der Waals surface area contributed by atoms with Crippen molar-refractivity contribution in [1.82, 2.24) is 9.38 Å². The fraction of sp³-hybridized carbons (Fsp3) is 0. The van der Waals surface area contributed by atoms with E-state index in [9.17, 15) is 0 Å². The zero-order valence-electron chi connectivity index (χ0n) is 5.46. The second-order valence-electron chi connectivity index (χ2n) is 2.15. The molecule has 56 valence electrons. The molecule has 4 heteroatoms. The molecule has 0 radical (unpaired) electrons. The van der Waals surface area contributed by atoms with E-state index >= 15 is 0 Å². The minimum atomic E-state index is 0.667. The van der Waals surface area contributed by atoms with Crippen LogP contribution in [0.25, 0.3) is 5.52 Å². The normalized spacial score (nSPS) is 10.7. The van der Waals surface area contributed by atoms with E-state index in [0.717, 1.165) is 9.99 Å².